The number of nitrogens with one attached hydrogen (secondary N) is 1. The zero-order valence-corrected chi connectivity index (χ0v) is 11.2. The predicted octanol–water partition coefficient (Wildman–Crippen LogP) is 2.41. The van der Waals surface area contributed by atoms with E-state index >= 15 is 0 Å². The summed E-state index contributed by atoms with van der Waals surface area (Å²) in [5, 5.41) is 3.93. The average molecular weight is 331 g/mol. The summed E-state index contributed by atoms with van der Waals surface area (Å²) in [7, 11) is 0. The van der Waals surface area contributed by atoms with Crippen LogP contribution in [0.1, 0.15) is 11.8 Å². The maximum absolute atomic E-state index is 12.4. The summed E-state index contributed by atoms with van der Waals surface area (Å²) >= 11 is 4.54. The molecule has 0 aliphatic carbocycles. The van der Waals surface area contributed by atoms with E-state index in [0.29, 0.717) is 6.92 Å². The molecule has 1 amide bonds. The zero-order valence-electron chi connectivity index (χ0n) is 8.77. The van der Waals surface area contributed by atoms with Crippen LogP contribution in [0.25, 0.3) is 0 Å². The quantitative estimate of drug-likeness (QED) is 0.894. The van der Waals surface area contributed by atoms with E-state index in [1.807, 2.05) is 0 Å². The molecule has 0 aliphatic heterocycles. The van der Waals surface area contributed by atoms with Crippen LogP contribution in [0.5, 0.6) is 0 Å². The van der Waals surface area contributed by atoms with E-state index in [1.165, 1.54) is 11.3 Å². The van der Waals surface area contributed by atoms with Crippen LogP contribution in [0, 0.1) is 0 Å². The molecule has 0 fully saturated rings. The van der Waals surface area contributed by atoms with Gasteiger partial charge in [0, 0.05) is 9.35 Å². The van der Waals surface area contributed by atoms with Crippen molar-refractivity contribution in [2.24, 2.45) is 5.73 Å². The number of thiophene rings is 1. The molecule has 1 rings (SSSR count). The van der Waals surface area contributed by atoms with E-state index in [-0.39, 0.29) is 6.54 Å². The first kappa shape index (κ1) is 14.5. The van der Waals surface area contributed by atoms with Crippen molar-refractivity contribution in [3.63, 3.8) is 0 Å². The Balaban J connectivity index is 2.65. The van der Waals surface area contributed by atoms with Gasteiger partial charge in [-0.1, -0.05) is 0 Å². The van der Waals surface area contributed by atoms with Gasteiger partial charge in [0.25, 0.3) is 0 Å². The van der Waals surface area contributed by atoms with Gasteiger partial charge in [0.1, 0.15) is 0 Å². The molecule has 3 nitrogen and oxygen atoms in total. The van der Waals surface area contributed by atoms with Crippen LogP contribution in [0.3, 0.4) is 0 Å². The molecule has 0 saturated carbocycles. The monoisotopic (exact) mass is 330 g/mol. The summed E-state index contributed by atoms with van der Waals surface area (Å²) in [6.45, 7) is 0.658. The Morgan fingerprint density at radius 3 is 2.59 bits per heavy atom. The highest BCUT2D eigenvalue weighted by molar-refractivity contribution is 9.10. The molecule has 0 aromatic carbocycles. The molecule has 1 aromatic heterocycles. The van der Waals surface area contributed by atoms with E-state index in [0.717, 1.165) is 9.35 Å². The smallest absolute Gasteiger partial charge is 0.349 e. The van der Waals surface area contributed by atoms with Crippen LogP contribution >= 0.6 is 27.3 Å². The van der Waals surface area contributed by atoms with Crippen molar-refractivity contribution in [1.82, 2.24) is 5.32 Å². The fourth-order valence-corrected chi connectivity index (χ4v) is 2.36. The number of hydrogen-bond acceptors (Lipinski definition) is 3. The van der Waals surface area contributed by atoms with Gasteiger partial charge in [-0.25, -0.2) is 0 Å². The summed E-state index contributed by atoms with van der Waals surface area (Å²) in [6, 6.07) is 1.75. The average Bonchev–Trinajstić information content (AvgIpc) is 2.58. The van der Waals surface area contributed by atoms with Gasteiger partial charge >= 0.3 is 6.18 Å². The summed E-state index contributed by atoms with van der Waals surface area (Å²) in [4.78, 5) is 12.1. The van der Waals surface area contributed by atoms with E-state index in [9.17, 15) is 18.0 Å². The minimum atomic E-state index is -4.77. The van der Waals surface area contributed by atoms with Crippen molar-refractivity contribution in [3.05, 3.63) is 20.8 Å². The molecule has 1 atom stereocenters. The highest BCUT2D eigenvalue weighted by Gasteiger charge is 2.53. The van der Waals surface area contributed by atoms with Crippen LogP contribution < -0.4 is 11.1 Å². The molecule has 0 radical (unpaired) electrons. The molecule has 0 bridgehead atoms. The second-order valence-corrected chi connectivity index (χ2v) is 5.43. The van der Waals surface area contributed by atoms with Crippen molar-refractivity contribution >= 4 is 33.2 Å². The Bertz CT molecular complexity index is 417. The first-order valence-electron chi connectivity index (χ1n) is 4.52. The summed E-state index contributed by atoms with van der Waals surface area (Å²) < 4.78 is 38.1. The van der Waals surface area contributed by atoms with Crippen molar-refractivity contribution in [2.75, 3.05) is 0 Å². The lowest BCUT2D eigenvalue weighted by Crippen LogP contribution is -2.61. The van der Waals surface area contributed by atoms with Gasteiger partial charge in [-0.2, -0.15) is 13.2 Å². The molecular weight excluding hydrogens is 321 g/mol. The Labute approximate surface area is 108 Å². The minimum Gasteiger partial charge on any atom is -0.349 e. The summed E-state index contributed by atoms with van der Waals surface area (Å²) in [5.74, 6) is -1.25. The van der Waals surface area contributed by atoms with Gasteiger partial charge in [-0.05, 0) is 34.3 Å². The molecule has 3 N–H and O–H groups in total. The highest BCUT2D eigenvalue weighted by Crippen LogP contribution is 2.28. The first-order chi connectivity index (χ1) is 7.66. The number of carbonyl (C=O) groups is 1. The molecule has 0 saturated heterocycles. The van der Waals surface area contributed by atoms with E-state index < -0.39 is 17.6 Å². The van der Waals surface area contributed by atoms with E-state index in [1.54, 1.807) is 11.4 Å². The molecule has 1 unspecified atom stereocenters. The predicted molar refractivity (Wildman–Crippen MR) is 62.5 cm³/mol. The summed E-state index contributed by atoms with van der Waals surface area (Å²) in [5.41, 5.74) is 2.09. The second-order valence-electron chi connectivity index (χ2n) is 3.57. The third kappa shape index (κ3) is 3.20. The maximum atomic E-state index is 12.4. The van der Waals surface area contributed by atoms with Gasteiger partial charge in [0.2, 0.25) is 5.91 Å². The molecular formula is C9H10BrF3N2OS. The Morgan fingerprint density at radius 2 is 2.18 bits per heavy atom. The van der Waals surface area contributed by atoms with Crippen molar-refractivity contribution in [3.8, 4) is 0 Å². The lowest BCUT2D eigenvalue weighted by molar-refractivity contribution is -0.187. The van der Waals surface area contributed by atoms with Gasteiger partial charge in [-0.15, -0.1) is 11.3 Å². The number of amides is 1. The van der Waals surface area contributed by atoms with Crippen LogP contribution in [0.4, 0.5) is 13.2 Å². The Morgan fingerprint density at radius 1 is 1.59 bits per heavy atom. The number of rotatable bonds is 3. The van der Waals surface area contributed by atoms with Gasteiger partial charge < -0.3 is 11.1 Å². The van der Waals surface area contributed by atoms with Gasteiger partial charge in [0.15, 0.2) is 5.54 Å². The lowest BCUT2D eigenvalue weighted by atomic mass is 10.0. The van der Waals surface area contributed by atoms with Crippen LogP contribution in [-0.2, 0) is 11.3 Å². The SMILES string of the molecule is CC(N)(C(=O)NCc1sccc1Br)C(F)(F)F. The third-order valence-corrected chi connectivity index (χ3v) is 4.09. The number of nitrogens with two attached hydrogens (primary N) is 1. The molecule has 8 heteroatoms. The van der Waals surface area contributed by atoms with Gasteiger partial charge in [0.05, 0.1) is 6.54 Å². The van der Waals surface area contributed by atoms with Crippen molar-refractivity contribution < 1.29 is 18.0 Å². The Kier molecular flexibility index (Phi) is 4.21. The lowest BCUT2D eigenvalue weighted by Gasteiger charge is -2.26. The van der Waals surface area contributed by atoms with E-state index in [4.69, 9.17) is 5.73 Å². The van der Waals surface area contributed by atoms with Crippen molar-refractivity contribution in [1.29, 1.82) is 0 Å². The number of alkyl halides is 3. The maximum Gasteiger partial charge on any atom is 0.415 e. The molecule has 1 heterocycles. The number of hydrogen-bond donors (Lipinski definition) is 2. The van der Waals surface area contributed by atoms with Crippen molar-refractivity contribution in [2.45, 2.75) is 25.2 Å². The topological polar surface area (TPSA) is 55.1 Å². The largest absolute Gasteiger partial charge is 0.415 e. The first-order valence-corrected chi connectivity index (χ1v) is 6.19. The highest BCUT2D eigenvalue weighted by atomic mass is 79.9. The van der Waals surface area contributed by atoms with Crippen LogP contribution in [0.2, 0.25) is 0 Å². The summed E-state index contributed by atoms with van der Waals surface area (Å²) in [6.07, 6.45) is -4.77. The Hall–Kier alpha value is -0.600. The minimum absolute atomic E-state index is 0.0138. The van der Waals surface area contributed by atoms with E-state index in [2.05, 4.69) is 21.2 Å². The zero-order chi connectivity index (χ0) is 13.3. The fraction of sp³-hybridized carbons (Fsp3) is 0.444. The standard InChI is InChI=1S/C9H10BrF3N2OS/c1-8(14,9(11,12)13)7(16)15-4-6-5(10)2-3-17-6/h2-3H,4,14H2,1H3,(H,15,16). The molecule has 1 aromatic rings. The van der Waals surface area contributed by atoms with Crippen LogP contribution in [0.15, 0.2) is 15.9 Å². The number of halogens is 4. The van der Waals surface area contributed by atoms with Crippen LogP contribution in [-0.4, -0.2) is 17.6 Å². The molecule has 0 aliphatic rings. The number of carbonyl (C=O) groups excluding carboxylic acids is 1. The fourth-order valence-electron chi connectivity index (χ4n) is 0.924. The molecule has 0 spiro atoms. The molecule has 17 heavy (non-hydrogen) atoms. The van der Waals surface area contributed by atoms with Gasteiger partial charge in [-0.3, -0.25) is 4.79 Å². The second kappa shape index (κ2) is 4.95. The third-order valence-electron chi connectivity index (χ3n) is 2.16. The molecule has 96 valence electrons. The normalized spacial score (nSPS) is 15.4.